The monoisotopic (exact) mass is 289 g/mol. The summed E-state index contributed by atoms with van der Waals surface area (Å²) < 4.78 is 0. The second-order valence-corrected chi connectivity index (χ2v) is 5.67. The predicted molar refractivity (Wildman–Crippen MR) is 88.9 cm³/mol. The number of nitrogens with zero attached hydrogens (tertiary/aromatic N) is 1. The molecule has 1 fully saturated rings. The van der Waals surface area contributed by atoms with Crippen LogP contribution in [0.15, 0.2) is 24.3 Å². The second-order valence-electron chi connectivity index (χ2n) is 5.67. The molecule has 1 saturated heterocycles. The second kappa shape index (κ2) is 8.67. The number of carbonyl (C=O) groups is 1. The molecule has 21 heavy (non-hydrogen) atoms. The molecule has 1 amide bonds. The van der Waals surface area contributed by atoms with E-state index in [1.807, 2.05) is 12.1 Å². The summed E-state index contributed by atoms with van der Waals surface area (Å²) in [5.41, 5.74) is 2.13. The van der Waals surface area contributed by atoms with Crippen molar-refractivity contribution in [3.63, 3.8) is 0 Å². The van der Waals surface area contributed by atoms with Gasteiger partial charge in [0.1, 0.15) is 0 Å². The lowest BCUT2D eigenvalue weighted by atomic mass is 10.1. The fourth-order valence-corrected chi connectivity index (χ4v) is 2.62. The van der Waals surface area contributed by atoms with Gasteiger partial charge in [0.15, 0.2) is 0 Å². The van der Waals surface area contributed by atoms with Crippen LogP contribution in [0, 0.1) is 0 Å². The number of amides is 1. The van der Waals surface area contributed by atoms with Crippen molar-refractivity contribution in [2.75, 3.05) is 36.4 Å². The summed E-state index contributed by atoms with van der Waals surface area (Å²) in [7, 11) is 0. The van der Waals surface area contributed by atoms with Gasteiger partial charge in [0.2, 0.25) is 5.91 Å². The number of unbranched alkanes of at least 4 members (excludes halogenated alkanes) is 1. The minimum atomic E-state index is 0.0248. The molecule has 0 spiro atoms. The zero-order chi connectivity index (χ0) is 14.9. The Morgan fingerprint density at radius 3 is 2.52 bits per heavy atom. The molecule has 116 valence electrons. The summed E-state index contributed by atoms with van der Waals surface area (Å²) >= 11 is 0. The zero-order valence-corrected chi connectivity index (χ0v) is 13.0. The fraction of sp³-hybridized carbons (Fsp3) is 0.588. The van der Waals surface area contributed by atoms with Crippen molar-refractivity contribution in [3.8, 4) is 0 Å². The van der Waals surface area contributed by atoms with Crippen LogP contribution >= 0.6 is 0 Å². The van der Waals surface area contributed by atoms with Crippen molar-refractivity contribution in [2.45, 2.75) is 39.0 Å². The Balaban J connectivity index is 1.77. The van der Waals surface area contributed by atoms with Gasteiger partial charge in [0.25, 0.3) is 0 Å². The van der Waals surface area contributed by atoms with Gasteiger partial charge in [0, 0.05) is 24.5 Å². The van der Waals surface area contributed by atoms with Crippen LogP contribution in [0.25, 0.3) is 0 Å². The summed E-state index contributed by atoms with van der Waals surface area (Å²) in [5, 5.41) is 6.08. The SMILES string of the molecule is CCCCNCC(=O)Nc1ccc(N2CCCCC2)cc1. The molecule has 0 aliphatic carbocycles. The molecule has 0 saturated carbocycles. The first-order chi connectivity index (χ1) is 10.3. The van der Waals surface area contributed by atoms with Gasteiger partial charge in [-0.1, -0.05) is 13.3 Å². The minimum Gasteiger partial charge on any atom is -0.372 e. The van der Waals surface area contributed by atoms with E-state index in [0.717, 1.165) is 38.2 Å². The largest absolute Gasteiger partial charge is 0.372 e. The van der Waals surface area contributed by atoms with Gasteiger partial charge >= 0.3 is 0 Å². The smallest absolute Gasteiger partial charge is 0.238 e. The highest BCUT2D eigenvalue weighted by atomic mass is 16.1. The molecule has 0 aromatic heterocycles. The Labute approximate surface area is 127 Å². The normalized spacial score (nSPS) is 15.0. The molecule has 1 heterocycles. The fourth-order valence-electron chi connectivity index (χ4n) is 2.62. The molecule has 1 aliphatic rings. The van der Waals surface area contributed by atoms with E-state index in [1.165, 1.54) is 24.9 Å². The van der Waals surface area contributed by atoms with Gasteiger partial charge in [-0.15, -0.1) is 0 Å². The van der Waals surface area contributed by atoms with Crippen molar-refractivity contribution in [1.82, 2.24) is 5.32 Å². The summed E-state index contributed by atoms with van der Waals surface area (Å²) in [6, 6.07) is 8.19. The number of carbonyl (C=O) groups excluding carboxylic acids is 1. The lowest BCUT2D eigenvalue weighted by molar-refractivity contribution is -0.115. The van der Waals surface area contributed by atoms with Crippen LogP contribution in [0.3, 0.4) is 0 Å². The summed E-state index contributed by atoms with van der Waals surface area (Å²) in [4.78, 5) is 14.2. The Bertz CT molecular complexity index is 424. The molecule has 4 heteroatoms. The van der Waals surface area contributed by atoms with E-state index in [2.05, 4.69) is 34.6 Å². The first-order valence-electron chi connectivity index (χ1n) is 8.15. The van der Waals surface area contributed by atoms with Crippen LogP contribution in [-0.4, -0.2) is 32.1 Å². The first kappa shape index (κ1) is 15.8. The first-order valence-corrected chi connectivity index (χ1v) is 8.15. The van der Waals surface area contributed by atoms with Crippen molar-refractivity contribution < 1.29 is 4.79 Å². The molecular formula is C17H27N3O. The van der Waals surface area contributed by atoms with Crippen LogP contribution in [-0.2, 0) is 4.79 Å². The Morgan fingerprint density at radius 1 is 1.14 bits per heavy atom. The van der Waals surface area contributed by atoms with E-state index in [0.29, 0.717) is 6.54 Å². The van der Waals surface area contributed by atoms with E-state index in [9.17, 15) is 4.79 Å². The van der Waals surface area contributed by atoms with E-state index < -0.39 is 0 Å². The summed E-state index contributed by atoms with van der Waals surface area (Å²) in [6.45, 7) is 5.72. The Kier molecular flexibility index (Phi) is 6.54. The van der Waals surface area contributed by atoms with Crippen molar-refractivity contribution in [2.24, 2.45) is 0 Å². The highest BCUT2D eigenvalue weighted by molar-refractivity contribution is 5.92. The minimum absolute atomic E-state index is 0.0248. The van der Waals surface area contributed by atoms with E-state index >= 15 is 0 Å². The van der Waals surface area contributed by atoms with Gasteiger partial charge in [-0.2, -0.15) is 0 Å². The van der Waals surface area contributed by atoms with Crippen LogP contribution in [0.5, 0.6) is 0 Å². The molecule has 1 aromatic carbocycles. The maximum atomic E-state index is 11.8. The van der Waals surface area contributed by atoms with Gasteiger partial charge in [0.05, 0.1) is 6.54 Å². The Hall–Kier alpha value is -1.55. The number of rotatable bonds is 7. The molecule has 4 nitrogen and oxygen atoms in total. The van der Waals surface area contributed by atoms with Gasteiger partial charge < -0.3 is 15.5 Å². The molecule has 1 aromatic rings. The molecule has 1 aliphatic heterocycles. The molecule has 2 rings (SSSR count). The highest BCUT2D eigenvalue weighted by Crippen LogP contribution is 2.21. The molecule has 0 unspecified atom stereocenters. The molecular weight excluding hydrogens is 262 g/mol. The van der Waals surface area contributed by atoms with E-state index in [4.69, 9.17) is 0 Å². The number of piperidine rings is 1. The third-order valence-electron chi connectivity index (χ3n) is 3.86. The predicted octanol–water partition coefficient (Wildman–Crippen LogP) is 3.01. The molecule has 0 radical (unpaired) electrons. The average molecular weight is 289 g/mol. The third-order valence-corrected chi connectivity index (χ3v) is 3.86. The third kappa shape index (κ3) is 5.38. The summed E-state index contributed by atoms with van der Waals surface area (Å²) in [5.74, 6) is 0.0248. The average Bonchev–Trinajstić information content (AvgIpc) is 2.53. The van der Waals surface area contributed by atoms with Crippen LogP contribution < -0.4 is 15.5 Å². The summed E-state index contributed by atoms with van der Waals surface area (Å²) in [6.07, 6.45) is 6.16. The van der Waals surface area contributed by atoms with E-state index in [-0.39, 0.29) is 5.91 Å². The van der Waals surface area contributed by atoms with E-state index in [1.54, 1.807) is 0 Å². The number of benzene rings is 1. The number of hydrogen-bond acceptors (Lipinski definition) is 3. The zero-order valence-electron chi connectivity index (χ0n) is 13.0. The number of hydrogen-bond donors (Lipinski definition) is 2. The lowest BCUT2D eigenvalue weighted by Gasteiger charge is -2.28. The lowest BCUT2D eigenvalue weighted by Crippen LogP contribution is -2.29. The van der Waals surface area contributed by atoms with Crippen LogP contribution in [0.2, 0.25) is 0 Å². The maximum Gasteiger partial charge on any atom is 0.238 e. The molecule has 0 atom stereocenters. The van der Waals surface area contributed by atoms with Gasteiger partial charge in [-0.05, 0) is 56.5 Å². The topological polar surface area (TPSA) is 44.4 Å². The van der Waals surface area contributed by atoms with Crippen LogP contribution in [0.1, 0.15) is 39.0 Å². The standard InChI is InChI=1S/C17H27N3O/c1-2-3-11-18-14-17(21)19-15-7-9-16(10-8-15)20-12-5-4-6-13-20/h7-10,18H,2-6,11-14H2,1H3,(H,19,21). The molecule has 2 N–H and O–H groups in total. The number of anilines is 2. The quantitative estimate of drug-likeness (QED) is 0.758. The molecule has 0 bridgehead atoms. The van der Waals surface area contributed by atoms with Crippen molar-refractivity contribution in [3.05, 3.63) is 24.3 Å². The van der Waals surface area contributed by atoms with Crippen molar-refractivity contribution in [1.29, 1.82) is 0 Å². The maximum absolute atomic E-state index is 11.8. The van der Waals surface area contributed by atoms with Crippen LogP contribution in [0.4, 0.5) is 11.4 Å². The van der Waals surface area contributed by atoms with Gasteiger partial charge in [-0.3, -0.25) is 4.79 Å². The van der Waals surface area contributed by atoms with Crippen molar-refractivity contribution >= 4 is 17.3 Å². The number of nitrogens with one attached hydrogen (secondary N) is 2. The highest BCUT2D eigenvalue weighted by Gasteiger charge is 2.10. The Morgan fingerprint density at radius 2 is 1.86 bits per heavy atom. The van der Waals surface area contributed by atoms with Gasteiger partial charge in [-0.25, -0.2) is 0 Å².